The van der Waals surface area contributed by atoms with Crippen molar-refractivity contribution in [3.8, 4) is 0 Å². The molecule has 142 heavy (non-hydrogen) atoms. The van der Waals surface area contributed by atoms with Gasteiger partial charge in [0.15, 0.2) is 0 Å². The average Bonchev–Trinajstić information content (AvgIpc) is 0.892. The molecule has 0 rings (SSSR count). The van der Waals surface area contributed by atoms with Crippen LogP contribution in [0.4, 0.5) is 0 Å². The highest BCUT2D eigenvalue weighted by molar-refractivity contribution is 5.86. The Bertz CT molecular complexity index is 2800. The van der Waals surface area contributed by atoms with E-state index in [0.717, 1.165) is 52.0 Å². The number of ketones is 7. The summed E-state index contributed by atoms with van der Waals surface area (Å²) in [6.07, 6.45) is 22.5. The molecule has 0 aromatic carbocycles. The minimum atomic E-state index is -0.235. The average molecular weight is 2020 g/mol. The van der Waals surface area contributed by atoms with Gasteiger partial charge < -0.3 is 39.5 Å². The third kappa shape index (κ3) is 137. The number of ether oxygens (including phenoxy) is 3. The lowest BCUT2D eigenvalue weighted by atomic mass is 9.84. The molecule has 860 valence electrons. The second-order valence-electron chi connectivity index (χ2n) is 64.6. The molecule has 2 N–H and O–H groups in total. The van der Waals surface area contributed by atoms with Crippen molar-refractivity contribution in [2.45, 2.75) is 636 Å². The van der Waals surface area contributed by atoms with E-state index in [1.165, 1.54) is 83.6 Å². The van der Waals surface area contributed by atoms with Gasteiger partial charge in [-0.3, -0.25) is 33.6 Å². The highest BCUT2D eigenvalue weighted by Crippen LogP contribution is 2.32. The van der Waals surface area contributed by atoms with E-state index >= 15 is 0 Å². The van der Waals surface area contributed by atoms with Crippen LogP contribution in [0.25, 0.3) is 0 Å². The number of carbonyl (C=O) groups excluding carboxylic acids is 7. The fraction of sp³-hybridized carbons (Fsp3) is 0.945. The molecule has 0 bridgehead atoms. The van der Waals surface area contributed by atoms with Crippen LogP contribution in [0.15, 0.2) is 0 Å². The SMILES string of the molecule is CC(C)(C)CCCC(=O)C(C)(C)C.CC(C)(C)CCCCC(C)(C)C.CC(C)(C)CCCCC(C)(C)C.CC(C)(C)CCCOC(C)(C)C.CC(C)(C)NCCC(=O)C(C)(C)C.CC(C)(C)NCCC(=O)C(C)(C)C.CC(C)(C)OCCC(=O)C(C)(C)C.CC(C)(C)OCCC(=O)C(C)(C)C.CN(CCC(=O)C(C)(C)C)C(C)(C)C.CN(CCC(=O)C(C)(C)C)C(C)(C)C.CN(CCCC(C)(C)C)C(C)(C)C. The van der Waals surface area contributed by atoms with Crippen LogP contribution in [-0.2, 0) is 47.8 Å². The summed E-state index contributed by atoms with van der Waals surface area (Å²) in [6, 6.07) is 0. The predicted molar refractivity (Wildman–Crippen MR) is 634 cm³/mol. The molecule has 0 aliphatic carbocycles. The molecule has 15 nitrogen and oxygen atoms in total. The molecular formula is C127H267N5O10. The molecule has 0 aliphatic rings. The number of hydrogen-bond acceptors (Lipinski definition) is 15. The highest BCUT2D eigenvalue weighted by atomic mass is 16.5. The van der Waals surface area contributed by atoms with Crippen LogP contribution >= 0.6 is 0 Å². The number of unbranched alkanes of at least 4 members (excludes halogenated alkanes) is 2. The first kappa shape index (κ1) is 162. The molecule has 0 fully saturated rings. The number of rotatable bonds is 33. The van der Waals surface area contributed by atoms with Gasteiger partial charge in [0.1, 0.15) is 40.5 Å². The number of nitrogens with one attached hydrogen (secondary N) is 2. The summed E-state index contributed by atoms with van der Waals surface area (Å²) in [5.41, 5.74) is 2.57. The first-order valence-electron chi connectivity index (χ1n) is 55.8. The van der Waals surface area contributed by atoms with Gasteiger partial charge in [-0.2, -0.15) is 0 Å². The zero-order chi connectivity index (χ0) is 117. The molecule has 15 heteroatoms. The van der Waals surface area contributed by atoms with Gasteiger partial charge in [0.05, 0.1) is 30.0 Å². The van der Waals surface area contributed by atoms with E-state index in [1.54, 1.807) is 0 Å². The van der Waals surface area contributed by atoms with Crippen LogP contribution in [0.1, 0.15) is 592 Å². The summed E-state index contributed by atoms with van der Waals surface area (Å²) in [5.74, 6) is 2.24. The largest absolute Gasteiger partial charge is 0.376 e. The number of nitrogens with zero attached hydrogens (tertiary/aromatic N) is 3. The van der Waals surface area contributed by atoms with E-state index in [0.29, 0.717) is 124 Å². The fourth-order valence-corrected chi connectivity index (χ4v) is 11.4. The summed E-state index contributed by atoms with van der Waals surface area (Å²) >= 11 is 0. The van der Waals surface area contributed by atoms with Crippen molar-refractivity contribution >= 4 is 40.5 Å². The zero-order valence-corrected chi connectivity index (χ0v) is 110. The minimum Gasteiger partial charge on any atom is -0.376 e. The molecule has 0 atom stereocenters. The lowest BCUT2D eigenvalue weighted by Gasteiger charge is -2.32. The van der Waals surface area contributed by atoms with E-state index in [2.05, 4.69) is 317 Å². The number of carbonyl (C=O) groups is 7. The van der Waals surface area contributed by atoms with Crippen molar-refractivity contribution in [1.82, 2.24) is 25.3 Å². The Balaban J connectivity index is -0.000000148. The Hall–Kier alpha value is -2.63. The molecule has 0 radical (unpaired) electrons. The maximum Gasteiger partial charge on any atom is 0.140 e. The molecule has 0 amide bonds. The van der Waals surface area contributed by atoms with E-state index in [1.807, 2.05) is 187 Å². The van der Waals surface area contributed by atoms with Crippen LogP contribution in [0.2, 0.25) is 0 Å². The second kappa shape index (κ2) is 69.8. The predicted octanol–water partition coefficient (Wildman–Crippen LogP) is 36.1. The maximum absolute atomic E-state index is 11.7. The van der Waals surface area contributed by atoms with Crippen molar-refractivity contribution in [2.75, 3.05) is 73.7 Å². The summed E-state index contributed by atoms with van der Waals surface area (Å²) in [7, 11) is 6.34. The Kier molecular flexibility index (Phi) is 79.6. The molecule has 0 saturated heterocycles. The maximum atomic E-state index is 11.7. The van der Waals surface area contributed by atoms with Gasteiger partial charge >= 0.3 is 0 Å². The van der Waals surface area contributed by atoms with Gasteiger partial charge in [0.25, 0.3) is 0 Å². The van der Waals surface area contributed by atoms with Gasteiger partial charge in [-0.1, -0.05) is 316 Å². The Morgan fingerprint density at radius 3 is 0.528 bits per heavy atom. The standard InChI is InChI=1S/2C12H25NO.C12H27N.C12H24O.2C12H26.2C11H23NO.2C11H22O2.C11H24O/c2*1-11(2,3)10(14)8-9-13(7)12(4,5)6;1-11(2,3)9-8-10-13(7)12(4,5)6;1-11(2,3)9-7-8-10(13)12(4,5)6;2*1-11(2,3)9-7-8-10-12(4,5)6;2*1-10(2,3)9(13)7-8-12-11(4,5)6;2*1-10(2,3)9(12)7-8-13-11(4,5)6;1-10(2,3)8-7-9-12-11(4,5)6/h2*8-9H2,1-7H3;8-10H2,1-7H3;7-9H2,1-6H3;2*7-10H2,1-6H3;2*12H,7-8H2,1-6H3;2*7-8H2,1-6H3;7-9H2,1-6H3. The molecule has 0 spiro atoms. The molecule has 0 aliphatic heterocycles. The topological polar surface area (TPSA) is 181 Å². The Morgan fingerprint density at radius 1 is 0.183 bits per heavy atom. The monoisotopic (exact) mass is 2020 g/mol. The van der Waals surface area contributed by atoms with E-state index in [9.17, 15) is 33.6 Å². The lowest BCUT2D eigenvalue weighted by molar-refractivity contribution is -0.129. The van der Waals surface area contributed by atoms with E-state index in [4.69, 9.17) is 14.2 Å². The fourth-order valence-electron chi connectivity index (χ4n) is 11.4. The first-order chi connectivity index (χ1) is 61.5. The van der Waals surface area contributed by atoms with Gasteiger partial charge in [0.2, 0.25) is 0 Å². The van der Waals surface area contributed by atoms with Gasteiger partial charge in [0, 0.05) is 143 Å². The second-order valence-corrected chi connectivity index (χ2v) is 64.6. The van der Waals surface area contributed by atoms with E-state index in [-0.39, 0.29) is 88.4 Å². The summed E-state index contributed by atoms with van der Waals surface area (Å²) in [4.78, 5) is 87.7. The van der Waals surface area contributed by atoms with Crippen molar-refractivity contribution in [3.05, 3.63) is 0 Å². The van der Waals surface area contributed by atoms with Crippen molar-refractivity contribution in [3.63, 3.8) is 0 Å². The third-order valence-electron chi connectivity index (χ3n) is 22.9. The number of Topliss-reactive ketones (excluding diaryl/α,β-unsaturated/α-hetero) is 7. The van der Waals surface area contributed by atoms with Crippen LogP contribution in [0, 0.1) is 75.8 Å². The normalized spacial score (nSPS) is 13.3. The van der Waals surface area contributed by atoms with Crippen LogP contribution in [0.3, 0.4) is 0 Å². The molecule has 0 saturated carbocycles. The van der Waals surface area contributed by atoms with Crippen molar-refractivity contribution < 1.29 is 47.8 Å². The van der Waals surface area contributed by atoms with Gasteiger partial charge in [-0.25, -0.2) is 0 Å². The highest BCUT2D eigenvalue weighted by Gasteiger charge is 2.30. The lowest BCUT2D eigenvalue weighted by Crippen LogP contribution is -2.40. The first-order valence-corrected chi connectivity index (χ1v) is 55.8. The Labute approximate surface area is 894 Å². The minimum absolute atomic E-state index is 0.0257. The van der Waals surface area contributed by atoms with Gasteiger partial charge in [-0.05, 0) is 296 Å². The third-order valence-corrected chi connectivity index (χ3v) is 22.9. The molecular weight excluding hydrogens is 1760 g/mol. The van der Waals surface area contributed by atoms with Crippen LogP contribution in [0.5, 0.6) is 0 Å². The molecule has 0 unspecified atom stereocenters. The molecule has 0 aromatic heterocycles. The van der Waals surface area contributed by atoms with Crippen molar-refractivity contribution in [2.24, 2.45) is 75.8 Å². The molecule has 0 heterocycles. The summed E-state index contributed by atoms with van der Waals surface area (Å²) < 4.78 is 16.6. The molecule has 0 aromatic rings. The van der Waals surface area contributed by atoms with Crippen LogP contribution in [-0.4, -0.2) is 173 Å². The quantitative estimate of drug-likeness (QED) is 0.0592. The summed E-state index contributed by atoms with van der Waals surface area (Å²) in [5, 5.41) is 6.61. The zero-order valence-electron chi connectivity index (χ0n) is 110. The van der Waals surface area contributed by atoms with Crippen LogP contribution < -0.4 is 10.6 Å². The number of hydrogen-bond donors (Lipinski definition) is 2. The summed E-state index contributed by atoms with van der Waals surface area (Å²) in [6.45, 7) is 147. The smallest absolute Gasteiger partial charge is 0.140 e. The van der Waals surface area contributed by atoms with E-state index < -0.39 is 0 Å². The van der Waals surface area contributed by atoms with Gasteiger partial charge in [-0.15, -0.1) is 0 Å². The Morgan fingerprint density at radius 2 is 0.345 bits per heavy atom. The van der Waals surface area contributed by atoms with Crippen molar-refractivity contribution in [1.29, 1.82) is 0 Å².